The first-order valence-corrected chi connectivity index (χ1v) is 10.1. The van der Waals surface area contributed by atoms with Crippen LogP contribution in [0.4, 0.5) is 0 Å². The Kier molecular flexibility index (Phi) is 5.32. The van der Waals surface area contributed by atoms with Crippen molar-refractivity contribution in [3.05, 3.63) is 61.9 Å². The summed E-state index contributed by atoms with van der Waals surface area (Å²) in [4.78, 5) is 25.2. The normalized spacial score (nSPS) is 24.2. The molecule has 0 radical (unpaired) electrons. The number of nitrogens with one attached hydrogen (secondary N) is 1. The molecule has 2 aliphatic rings. The molecule has 156 valence electrons. The van der Waals surface area contributed by atoms with E-state index in [1.165, 1.54) is 16.8 Å². The number of benzene rings is 1. The molecule has 3 unspecified atom stereocenters. The number of aromatic nitrogens is 2. The molecule has 0 aliphatic carbocycles. The van der Waals surface area contributed by atoms with Gasteiger partial charge in [0.05, 0.1) is 6.61 Å². The molecular weight excluding hydrogens is 403 g/mol. The molecule has 0 spiro atoms. The van der Waals surface area contributed by atoms with Gasteiger partial charge in [-0.2, -0.15) is 0 Å². The van der Waals surface area contributed by atoms with Crippen LogP contribution in [-0.4, -0.2) is 31.8 Å². The van der Waals surface area contributed by atoms with Crippen LogP contribution >= 0.6 is 8.60 Å². The van der Waals surface area contributed by atoms with Gasteiger partial charge in [0.25, 0.3) is 5.56 Å². The Labute approximate surface area is 166 Å². The van der Waals surface area contributed by atoms with Gasteiger partial charge in [0.15, 0.2) is 0 Å². The third-order valence-electron chi connectivity index (χ3n) is 4.77. The summed E-state index contributed by atoms with van der Waals surface area (Å²) in [6.45, 7) is 4.08. The average Bonchev–Trinajstić information content (AvgIpc) is 3.13. The number of aliphatic hydroxyl groups is 2. The van der Waals surface area contributed by atoms with E-state index in [0.29, 0.717) is 12.2 Å². The minimum absolute atomic E-state index is 0.210. The largest absolute Gasteiger partial charge is 0.426 e. The second kappa shape index (κ2) is 7.64. The maximum Gasteiger partial charge on any atom is 0.402 e. The summed E-state index contributed by atoms with van der Waals surface area (Å²) in [7, 11) is -2.06. The first-order chi connectivity index (χ1) is 13.7. The third kappa shape index (κ3) is 4.13. The van der Waals surface area contributed by atoms with Crippen LogP contribution in [0.5, 0.6) is 5.75 Å². The van der Waals surface area contributed by atoms with Gasteiger partial charge in [-0.05, 0) is 32.3 Å². The van der Waals surface area contributed by atoms with Gasteiger partial charge < -0.3 is 19.5 Å². The molecule has 0 saturated carbocycles. The molecule has 1 saturated heterocycles. The van der Waals surface area contributed by atoms with E-state index in [2.05, 4.69) is 4.98 Å². The summed E-state index contributed by atoms with van der Waals surface area (Å²) in [5.74, 6) is -2.07. The number of nitrogens with zero attached hydrogens (tertiary/aromatic N) is 1. The van der Waals surface area contributed by atoms with E-state index in [9.17, 15) is 19.8 Å². The maximum absolute atomic E-state index is 11.9. The summed E-state index contributed by atoms with van der Waals surface area (Å²) < 4.78 is 23.3. The van der Waals surface area contributed by atoms with E-state index < -0.39 is 38.2 Å². The zero-order valence-corrected chi connectivity index (χ0v) is 16.7. The molecule has 3 atom stereocenters. The Balaban J connectivity index is 1.44. The van der Waals surface area contributed by atoms with Gasteiger partial charge in [-0.15, -0.1) is 0 Å². The Bertz CT molecular complexity index is 1030. The van der Waals surface area contributed by atoms with E-state index in [0.717, 1.165) is 16.7 Å². The lowest BCUT2D eigenvalue weighted by atomic mass is 10.1. The smallest absolute Gasteiger partial charge is 0.402 e. The van der Waals surface area contributed by atoms with Gasteiger partial charge in [0.1, 0.15) is 18.1 Å². The van der Waals surface area contributed by atoms with Crippen LogP contribution in [0.3, 0.4) is 0 Å². The van der Waals surface area contributed by atoms with Gasteiger partial charge in [0, 0.05) is 17.8 Å². The van der Waals surface area contributed by atoms with Crippen molar-refractivity contribution in [1.29, 1.82) is 0 Å². The van der Waals surface area contributed by atoms with Crippen molar-refractivity contribution < 1.29 is 28.5 Å². The highest BCUT2D eigenvalue weighted by atomic mass is 31.2. The topological polar surface area (TPSA) is 132 Å². The van der Waals surface area contributed by atoms with Crippen LogP contribution in [-0.2, 0) is 20.4 Å². The predicted octanol–water partition coefficient (Wildman–Crippen LogP) is 1.32. The van der Waals surface area contributed by atoms with Crippen LogP contribution < -0.4 is 15.8 Å². The number of hydrogen-bond donors (Lipinski definition) is 3. The molecule has 0 amide bonds. The summed E-state index contributed by atoms with van der Waals surface area (Å²) >= 11 is 0. The minimum Gasteiger partial charge on any atom is -0.426 e. The molecule has 1 aromatic carbocycles. The highest BCUT2D eigenvalue weighted by molar-refractivity contribution is 7.42. The third-order valence-corrected chi connectivity index (χ3v) is 5.86. The number of aromatic amines is 1. The average molecular weight is 424 g/mol. The van der Waals surface area contributed by atoms with Crippen molar-refractivity contribution in [3.63, 3.8) is 0 Å². The molecule has 0 bridgehead atoms. The second-order valence-corrected chi connectivity index (χ2v) is 8.15. The molecular formula is C18H21N2O8P. The van der Waals surface area contributed by atoms with Gasteiger partial charge in [-0.25, -0.2) is 9.32 Å². The van der Waals surface area contributed by atoms with Crippen LogP contribution in [0, 0.1) is 13.8 Å². The summed E-state index contributed by atoms with van der Waals surface area (Å²) in [5.41, 5.74) is 1.66. The number of H-pyrrole nitrogens is 1. The van der Waals surface area contributed by atoms with Gasteiger partial charge in [-0.1, -0.05) is 17.7 Å². The second-order valence-electron chi connectivity index (χ2n) is 7.08. The number of aryl methyl sites for hydroxylation is 2. The minimum atomic E-state index is -2.68. The molecule has 1 aromatic heterocycles. The Morgan fingerprint density at radius 2 is 2.07 bits per heavy atom. The first kappa shape index (κ1) is 20.2. The van der Waals surface area contributed by atoms with Crippen molar-refractivity contribution in [3.8, 4) is 5.75 Å². The summed E-state index contributed by atoms with van der Waals surface area (Å²) in [6.07, 6.45) is -0.0738. The fourth-order valence-corrected chi connectivity index (χ4v) is 4.61. The molecule has 3 heterocycles. The molecule has 2 aromatic rings. The Morgan fingerprint density at radius 1 is 1.28 bits per heavy atom. The molecule has 10 nitrogen and oxygen atoms in total. The van der Waals surface area contributed by atoms with Crippen LogP contribution in [0.15, 0.2) is 34.0 Å². The lowest BCUT2D eigenvalue weighted by Gasteiger charge is -2.32. The number of rotatable bonds is 4. The highest BCUT2D eigenvalue weighted by Crippen LogP contribution is 2.51. The summed E-state index contributed by atoms with van der Waals surface area (Å²) in [5, 5.41) is 20.9. The lowest BCUT2D eigenvalue weighted by Crippen LogP contribution is -2.44. The SMILES string of the molecule is Cc1cc(C)c2c(c1)COP(OC(O)(O)C1CCC(n3ccc(=O)[nH]c3=O)O1)O2. The van der Waals surface area contributed by atoms with Crippen LogP contribution in [0.25, 0.3) is 0 Å². The first-order valence-electron chi connectivity index (χ1n) is 9.05. The number of fused-ring (bicyclic) bond motifs is 1. The lowest BCUT2D eigenvalue weighted by molar-refractivity contribution is -0.346. The predicted molar refractivity (Wildman–Crippen MR) is 101 cm³/mol. The van der Waals surface area contributed by atoms with E-state index in [-0.39, 0.29) is 13.0 Å². The van der Waals surface area contributed by atoms with Crippen molar-refractivity contribution >= 4 is 8.60 Å². The monoisotopic (exact) mass is 424 g/mol. The quantitative estimate of drug-likeness (QED) is 0.495. The van der Waals surface area contributed by atoms with E-state index >= 15 is 0 Å². The fraction of sp³-hybridized carbons (Fsp3) is 0.444. The van der Waals surface area contributed by atoms with E-state index in [1.807, 2.05) is 26.0 Å². The Morgan fingerprint density at radius 3 is 2.83 bits per heavy atom. The standard InChI is InChI=1S/C18H21N2O8P/c1-10-7-11(2)16-12(8-10)9-25-29(27-16)28-18(23,24)13-3-4-15(26-13)20-6-5-14(21)19-17(20)22/h5-8,13,15,23-24H,3-4,9H2,1-2H3,(H,19,21,22). The van der Waals surface area contributed by atoms with Crippen LogP contribution in [0.1, 0.15) is 35.8 Å². The summed E-state index contributed by atoms with van der Waals surface area (Å²) in [6, 6.07) is 5.08. The van der Waals surface area contributed by atoms with E-state index in [1.54, 1.807) is 0 Å². The van der Waals surface area contributed by atoms with Gasteiger partial charge in [0.2, 0.25) is 0 Å². The fourth-order valence-electron chi connectivity index (χ4n) is 3.47. The molecule has 1 fully saturated rings. The molecule has 4 rings (SSSR count). The highest BCUT2D eigenvalue weighted by Gasteiger charge is 2.47. The zero-order chi connectivity index (χ0) is 20.8. The van der Waals surface area contributed by atoms with Crippen molar-refractivity contribution in [2.75, 3.05) is 0 Å². The van der Waals surface area contributed by atoms with Crippen LogP contribution in [0.2, 0.25) is 0 Å². The number of ether oxygens (including phenoxy) is 1. The molecule has 2 aliphatic heterocycles. The van der Waals surface area contributed by atoms with Crippen molar-refractivity contribution in [2.24, 2.45) is 0 Å². The molecule has 11 heteroatoms. The van der Waals surface area contributed by atoms with Gasteiger partial charge in [-0.3, -0.25) is 18.9 Å². The molecule has 3 N–H and O–H groups in total. The molecule has 29 heavy (non-hydrogen) atoms. The van der Waals surface area contributed by atoms with Crippen molar-refractivity contribution in [2.45, 2.75) is 51.6 Å². The van der Waals surface area contributed by atoms with Crippen molar-refractivity contribution in [1.82, 2.24) is 9.55 Å². The van der Waals surface area contributed by atoms with Gasteiger partial charge >= 0.3 is 20.3 Å². The zero-order valence-electron chi connectivity index (χ0n) is 15.8. The van der Waals surface area contributed by atoms with E-state index in [4.69, 9.17) is 18.3 Å². The Hall–Kier alpha value is -2.07. The maximum atomic E-state index is 11.9. The number of hydrogen-bond acceptors (Lipinski definition) is 8.